The molecule has 0 aromatic rings. The van der Waals surface area contributed by atoms with Gasteiger partial charge in [0.15, 0.2) is 0 Å². The zero-order chi connectivity index (χ0) is 10.2. The van der Waals surface area contributed by atoms with Gasteiger partial charge >= 0.3 is 0 Å². The van der Waals surface area contributed by atoms with Gasteiger partial charge in [0.25, 0.3) is 0 Å². The minimum absolute atomic E-state index is 0.525. The van der Waals surface area contributed by atoms with Gasteiger partial charge in [-0.15, -0.1) is 0 Å². The number of hydrogen-bond acceptors (Lipinski definition) is 2. The molecule has 1 atom stereocenters. The summed E-state index contributed by atoms with van der Waals surface area (Å²) >= 11 is 0. The van der Waals surface area contributed by atoms with E-state index in [1.165, 1.54) is 32.1 Å². The average Bonchev–Trinajstić information content (AvgIpc) is 2.16. The predicted octanol–water partition coefficient (Wildman–Crippen LogP) is 3.20. The van der Waals surface area contributed by atoms with Crippen LogP contribution >= 0.6 is 0 Å². The van der Waals surface area contributed by atoms with Crippen molar-refractivity contribution in [3.05, 3.63) is 12.2 Å². The second-order valence-electron chi connectivity index (χ2n) is 3.83. The fraction of sp³-hybridized carbons (Fsp3) is 0.750. The number of rotatable bonds is 2. The Morgan fingerprint density at radius 2 is 1.93 bits per heavy atom. The van der Waals surface area contributed by atoms with Gasteiger partial charge in [0.05, 0.1) is 6.04 Å². The fourth-order valence-corrected chi connectivity index (χ4v) is 2.01. The topological polar surface area (TPSA) is 15.6 Å². The van der Waals surface area contributed by atoms with Crippen LogP contribution in [-0.4, -0.2) is 23.8 Å². The van der Waals surface area contributed by atoms with E-state index in [1.54, 1.807) is 0 Å². The Labute approximate surface area is 87.7 Å². The first kappa shape index (κ1) is 11.3. The lowest BCUT2D eigenvalue weighted by Gasteiger charge is -2.29. The van der Waals surface area contributed by atoms with Crippen molar-refractivity contribution in [3.8, 4) is 0 Å². The Morgan fingerprint density at radius 3 is 2.64 bits per heavy atom. The van der Waals surface area contributed by atoms with Gasteiger partial charge in [-0.2, -0.15) is 5.10 Å². The molecule has 1 unspecified atom stereocenters. The molecule has 0 amide bonds. The molecule has 0 saturated carbocycles. The van der Waals surface area contributed by atoms with Crippen molar-refractivity contribution in [2.75, 3.05) is 6.54 Å². The third-order valence-corrected chi connectivity index (χ3v) is 2.70. The zero-order valence-electron chi connectivity index (χ0n) is 9.45. The van der Waals surface area contributed by atoms with Gasteiger partial charge in [0.1, 0.15) is 0 Å². The molecule has 0 radical (unpaired) electrons. The number of hydrazone groups is 1. The van der Waals surface area contributed by atoms with Crippen LogP contribution < -0.4 is 0 Å². The third kappa shape index (κ3) is 3.52. The number of allylic oxidation sites excluding steroid dienone is 1. The van der Waals surface area contributed by atoms with Crippen LogP contribution in [0.15, 0.2) is 17.3 Å². The van der Waals surface area contributed by atoms with Gasteiger partial charge < -0.3 is 0 Å². The first-order chi connectivity index (χ1) is 6.88. The van der Waals surface area contributed by atoms with Crippen LogP contribution in [0, 0.1) is 0 Å². The molecule has 2 nitrogen and oxygen atoms in total. The maximum absolute atomic E-state index is 4.44. The summed E-state index contributed by atoms with van der Waals surface area (Å²) in [6.07, 6.45) is 12.9. The van der Waals surface area contributed by atoms with Crippen LogP contribution in [0.2, 0.25) is 0 Å². The molecule has 1 heterocycles. The average molecular weight is 194 g/mol. The van der Waals surface area contributed by atoms with Crippen molar-refractivity contribution in [1.82, 2.24) is 5.01 Å². The van der Waals surface area contributed by atoms with Crippen LogP contribution in [-0.2, 0) is 0 Å². The van der Waals surface area contributed by atoms with Crippen LogP contribution in [0.3, 0.4) is 0 Å². The van der Waals surface area contributed by atoms with Crippen molar-refractivity contribution in [2.24, 2.45) is 5.10 Å². The minimum atomic E-state index is 0.525. The highest BCUT2D eigenvalue weighted by Crippen LogP contribution is 2.17. The molecule has 80 valence electrons. The first-order valence-electron chi connectivity index (χ1n) is 5.76. The lowest BCUT2D eigenvalue weighted by molar-refractivity contribution is 0.209. The Morgan fingerprint density at radius 1 is 1.14 bits per heavy atom. The SMILES string of the molecule is C/C=C\C1CCCCCCN1/N=C\C. The standard InChI is InChI=1S/C12H22N2/c1-3-9-12-10-7-5-6-8-11-14(12)13-4-2/h3-4,9,12H,5-8,10-11H2,1-2H3/b9-3-,13-4-. The highest BCUT2D eigenvalue weighted by molar-refractivity contribution is 5.52. The molecule has 0 spiro atoms. The van der Waals surface area contributed by atoms with E-state index in [1.807, 2.05) is 13.1 Å². The van der Waals surface area contributed by atoms with Gasteiger partial charge in [0.2, 0.25) is 0 Å². The van der Waals surface area contributed by atoms with E-state index < -0.39 is 0 Å². The van der Waals surface area contributed by atoms with Crippen molar-refractivity contribution in [1.29, 1.82) is 0 Å². The van der Waals surface area contributed by atoms with Gasteiger partial charge in [0, 0.05) is 12.8 Å². The predicted molar refractivity (Wildman–Crippen MR) is 62.6 cm³/mol. The van der Waals surface area contributed by atoms with Crippen LogP contribution in [0.5, 0.6) is 0 Å². The molecule has 14 heavy (non-hydrogen) atoms. The molecule has 1 aliphatic heterocycles. The number of nitrogens with zero attached hydrogens (tertiary/aromatic N) is 2. The summed E-state index contributed by atoms with van der Waals surface area (Å²) in [5, 5.41) is 6.68. The Bertz CT molecular complexity index is 174. The van der Waals surface area contributed by atoms with E-state index in [0.29, 0.717) is 6.04 Å². The summed E-state index contributed by atoms with van der Waals surface area (Å²) < 4.78 is 0. The second kappa shape index (κ2) is 6.63. The second-order valence-corrected chi connectivity index (χ2v) is 3.83. The summed E-state index contributed by atoms with van der Waals surface area (Å²) in [6, 6.07) is 0.525. The zero-order valence-corrected chi connectivity index (χ0v) is 9.45. The monoisotopic (exact) mass is 194 g/mol. The van der Waals surface area contributed by atoms with Crippen molar-refractivity contribution in [3.63, 3.8) is 0 Å². The molecule has 0 bridgehead atoms. The van der Waals surface area contributed by atoms with Gasteiger partial charge in [-0.05, 0) is 26.7 Å². The van der Waals surface area contributed by atoms with E-state index in [2.05, 4.69) is 29.2 Å². The molecular weight excluding hydrogens is 172 g/mol. The quantitative estimate of drug-likeness (QED) is 0.487. The lowest BCUT2D eigenvalue weighted by Crippen LogP contribution is -2.31. The van der Waals surface area contributed by atoms with Crippen LogP contribution in [0.25, 0.3) is 0 Å². The van der Waals surface area contributed by atoms with Crippen LogP contribution in [0.1, 0.15) is 46.0 Å². The summed E-state index contributed by atoms with van der Waals surface area (Å²) in [5.74, 6) is 0. The summed E-state index contributed by atoms with van der Waals surface area (Å²) in [4.78, 5) is 0. The van der Waals surface area contributed by atoms with E-state index in [4.69, 9.17) is 0 Å². The van der Waals surface area contributed by atoms with Crippen molar-refractivity contribution < 1.29 is 0 Å². The summed E-state index contributed by atoms with van der Waals surface area (Å²) in [6.45, 7) is 5.19. The largest absolute Gasteiger partial charge is 0.291 e. The molecule has 1 saturated heterocycles. The molecule has 0 aliphatic carbocycles. The van der Waals surface area contributed by atoms with Gasteiger partial charge in [-0.25, -0.2) is 0 Å². The number of hydrogen-bond donors (Lipinski definition) is 0. The summed E-state index contributed by atoms with van der Waals surface area (Å²) in [7, 11) is 0. The van der Waals surface area contributed by atoms with E-state index in [0.717, 1.165) is 6.54 Å². The Hall–Kier alpha value is -0.790. The summed E-state index contributed by atoms with van der Waals surface area (Å²) in [5.41, 5.74) is 0. The lowest BCUT2D eigenvalue weighted by atomic mass is 10.0. The maximum Gasteiger partial charge on any atom is 0.0650 e. The molecule has 1 fully saturated rings. The van der Waals surface area contributed by atoms with Gasteiger partial charge in [-0.3, -0.25) is 5.01 Å². The molecular formula is C12H22N2. The molecule has 1 aliphatic rings. The maximum atomic E-state index is 4.44. The first-order valence-corrected chi connectivity index (χ1v) is 5.76. The third-order valence-electron chi connectivity index (χ3n) is 2.70. The highest BCUT2D eigenvalue weighted by Gasteiger charge is 2.14. The van der Waals surface area contributed by atoms with E-state index in [9.17, 15) is 0 Å². The Kier molecular flexibility index (Phi) is 5.35. The van der Waals surface area contributed by atoms with Gasteiger partial charge in [-0.1, -0.05) is 31.4 Å². The minimum Gasteiger partial charge on any atom is -0.291 e. The molecule has 0 aromatic carbocycles. The molecule has 2 heteroatoms. The highest BCUT2D eigenvalue weighted by atomic mass is 15.5. The van der Waals surface area contributed by atoms with Crippen molar-refractivity contribution in [2.45, 2.75) is 52.0 Å². The molecule has 1 rings (SSSR count). The Balaban J connectivity index is 2.59. The molecule has 0 aromatic heterocycles. The van der Waals surface area contributed by atoms with E-state index >= 15 is 0 Å². The fourth-order valence-electron chi connectivity index (χ4n) is 2.01. The van der Waals surface area contributed by atoms with Crippen molar-refractivity contribution >= 4 is 6.21 Å². The normalized spacial score (nSPS) is 25.6. The van der Waals surface area contributed by atoms with Crippen LogP contribution in [0.4, 0.5) is 0 Å². The van der Waals surface area contributed by atoms with E-state index in [-0.39, 0.29) is 0 Å². The molecule has 0 N–H and O–H groups in total. The smallest absolute Gasteiger partial charge is 0.0650 e.